The summed E-state index contributed by atoms with van der Waals surface area (Å²) in [6.45, 7) is 0. The van der Waals surface area contributed by atoms with Crippen molar-refractivity contribution in [2.45, 2.75) is 0 Å². The molecule has 1 N–H and O–H groups in total. The van der Waals surface area contributed by atoms with Gasteiger partial charge in [-0.1, -0.05) is 0 Å². The quantitative estimate of drug-likeness (QED) is 0.360. The molecule has 7 heteroatoms. The Bertz CT molecular complexity index is 197. The van der Waals surface area contributed by atoms with E-state index in [0.29, 0.717) is 0 Å². The number of carbonyl (C=O) groups excluding carboxylic acids is 2. The van der Waals surface area contributed by atoms with Gasteiger partial charge in [-0.25, -0.2) is 14.2 Å². The summed E-state index contributed by atoms with van der Waals surface area (Å²) in [6, 6.07) is 0. The Morgan fingerprint density at radius 1 is 1.22 bits per heavy atom. The molecule has 0 atom stereocenters. The maximum atomic E-state index is 10.1. The number of hydrogen-bond donors (Lipinski definition) is 1. The minimum atomic E-state index is -4.35. The molecule has 1 heterocycles. The average Bonchev–Trinajstić information content (AvgIpc) is 1.79. The number of hydrogen-bond acceptors (Lipinski definition) is 5. The molecule has 0 amide bonds. The number of phosphoric acid groups is 1. The molecule has 1 fully saturated rings. The van der Waals surface area contributed by atoms with Crippen molar-refractivity contribution < 1.29 is 28.1 Å². The fraction of sp³-hybridized carbons (Fsp3) is 0. The van der Waals surface area contributed by atoms with E-state index in [0.717, 1.165) is 0 Å². The molecule has 1 saturated heterocycles. The van der Waals surface area contributed by atoms with Crippen molar-refractivity contribution in [1.29, 1.82) is 0 Å². The molecular formula is C2HO6P. The van der Waals surface area contributed by atoms with Crippen LogP contribution < -0.4 is 0 Å². The van der Waals surface area contributed by atoms with Gasteiger partial charge in [0.25, 0.3) is 0 Å². The first-order valence-electron chi connectivity index (χ1n) is 1.81. The van der Waals surface area contributed by atoms with Crippen LogP contribution in [-0.4, -0.2) is 16.8 Å². The van der Waals surface area contributed by atoms with Gasteiger partial charge in [0.2, 0.25) is 0 Å². The monoisotopic (exact) mass is 152 g/mol. The molecule has 1 aliphatic rings. The highest BCUT2D eigenvalue weighted by molar-refractivity contribution is 7.49. The summed E-state index contributed by atoms with van der Waals surface area (Å²) in [5.74, 6) is -2.86. The van der Waals surface area contributed by atoms with Crippen molar-refractivity contribution >= 4 is 19.8 Å². The van der Waals surface area contributed by atoms with Crippen LogP contribution in [0, 0.1) is 0 Å². The lowest BCUT2D eigenvalue weighted by molar-refractivity contribution is -0.150. The van der Waals surface area contributed by atoms with Gasteiger partial charge >= 0.3 is 19.8 Å². The first-order valence-corrected chi connectivity index (χ1v) is 3.31. The molecule has 0 radical (unpaired) electrons. The zero-order valence-corrected chi connectivity index (χ0v) is 4.83. The molecule has 0 unspecified atom stereocenters. The molecule has 9 heavy (non-hydrogen) atoms. The van der Waals surface area contributed by atoms with Crippen molar-refractivity contribution in [2.75, 3.05) is 0 Å². The molecule has 0 spiro atoms. The third-order valence-corrected chi connectivity index (χ3v) is 1.36. The van der Waals surface area contributed by atoms with Crippen LogP contribution in [0.4, 0.5) is 0 Å². The van der Waals surface area contributed by atoms with Crippen molar-refractivity contribution in [2.24, 2.45) is 0 Å². The van der Waals surface area contributed by atoms with E-state index in [-0.39, 0.29) is 0 Å². The molecule has 0 bridgehead atoms. The van der Waals surface area contributed by atoms with Crippen molar-refractivity contribution in [3.05, 3.63) is 0 Å². The summed E-state index contributed by atoms with van der Waals surface area (Å²) in [7, 11) is -4.35. The van der Waals surface area contributed by atoms with Gasteiger partial charge in [0, 0.05) is 0 Å². The van der Waals surface area contributed by atoms with Crippen LogP contribution in [0.25, 0.3) is 0 Å². The number of rotatable bonds is 0. The fourth-order valence-electron chi connectivity index (χ4n) is 0.303. The maximum absolute atomic E-state index is 10.1. The predicted molar refractivity (Wildman–Crippen MR) is 22.0 cm³/mol. The minimum Gasteiger partial charge on any atom is -0.352 e. The molecule has 50 valence electrons. The second-order valence-electron chi connectivity index (χ2n) is 1.23. The molecule has 1 rings (SSSR count). The lowest BCUT2D eigenvalue weighted by Gasteiger charge is -1.92. The van der Waals surface area contributed by atoms with Crippen LogP contribution in [-0.2, 0) is 23.2 Å². The zero-order valence-electron chi connectivity index (χ0n) is 3.94. The van der Waals surface area contributed by atoms with Crippen LogP contribution in [0.3, 0.4) is 0 Å². The van der Waals surface area contributed by atoms with Gasteiger partial charge < -0.3 is 9.05 Å². The summed E-state index contributed by atoms with van der Waals surface area (Å²) >= 11 is 0. The SMILES string of the molecule is O=C1OP(=O)(O)OC1=O. The van der Waals surface area contributed by atoms with E-state index in [1.807, 2.05) is 0 Å². The second kappa shape index (κ2) is 1.55. The molecule has 0 aromatic heterocycles. The Morgan fingerprint density at radius 2 is 1.56 bits per heavy atom. The van der Waals surface area contributed by atoms with Gasteiger partial charge in [-0.05, 0) is 0 Å². The summed E-state index contributed by atoms with van der Waals surface area (Å²) in [5.41, 5.74) is 0. The largest absolute Gasteiger partial charge is 0.590 e. The second-order valence-corrected chi connectivity index (χ2v) is 2.53. The molecular weight excluding hydrogens is 151 g/mol. The molecule has 0 saturated carbocycles. The van der Waals surface area contributed by atoms with E-state index in [1.54, 1.807) is 0 Å². The molecule has 0 aromatic carbocycles. The summed E-state index contributed by atoms with van der Waals surface area (Å²) in [5, 5.41) is 0. The van der Waals surface area contributed by atoms with Crippen LogP contribution in [0.5, 0.6) is 0 Å². The van der Waals surface area contributed by atoms with Gasteiger partial charge in [-0.15, -0.1) is 0 Å². The first kappa shape index (κ1) is 6.25. The van der Waals surface area contributed by atoms with Gasteiger partial charge in [-0.2, -0.15) is 0 Å². The highest BCUT2D eigenvalue weighted by Crippen LogP contribution is 2.47. The van der Waals surface area contributed by atoms with Gasteiger partial charge in [-0.3, -0.25) is 4.89 Å². The molecule has 6 nitrogen and oxygen atoms in total. The molecule has 0 aromatic rings. The Hall–Kier alpha value is -0.870. The van der Waals surface area contributed by atoms with Crippen LogP contribution in [0.1, 0.15) is 0 Å². The van der Waals surface area contributed by atoms with Gasteiger partial charge in [0.05, 0.1) is 0 Å². The van der Waals surface area contributed by atoms with E-state index in [1.165, 1.54) is 0 Å². The topological polar surface area (TPSA) is 89.9 Å². The minimum absolute atomic E-state index is 1.43. The van der Waals surface area contributed by atoms with E-state index < -0.39 is 19.8 Å². The Balaban J connectivity index is 2.89. The molecule has 1 aliphatic heterocycles. The first-order chi connectivity index (χ1) is 4.01. The lowest BCUT2D eigenvalue weighted by Crippen LogP contribution is -2.05. The Morgan fingerprint density at radius 3 is 1.67 bits per heavy atom. The third kappa shape index (κ3) is 1.09. The fourth-order valence-corrected chi connectivity index (χ4v) is 0.908. The van der Waals surface area contributed by atoms with Crippen LogP contribution >= 0.6 is 7.82 Å². The molecule has 0 aliphatic carbocycles. The standard InChI is InChI=1S/C2HO6P/c3-1-2(4)8-9(5,6)7-1/h(H,5,6). The maximum Gasteiger partial charge on any atom is 0.590 e. The lowest BCUT2D eigenvalue weighted by atomic mass is 10.7. The smallest absolute Gasteiger partial charge is 0.352 e. The van der Waals surface area contributed by atoms with Crippen molar-refractivity contribution in [3.8, 4) is 0 Å². The highest BCUT2D eigenvalue weighted by Gasteiger charge is 2.43. The van der Waals surface area contributed by atoms with Gasteiger partial charge in [0.15, 0.2) is 0 Å². The van der Waals surface area contributed by atoms with Crippen LogP contribution in [0.15, 0.2) is 0 Å². The Labute approximate surface area is 49.0 Å². The number of phosphoric ester groups is 1. The third-order valence-electron chi connectivity index (χ3n) is 0.563. The van der Waals surface area contributed by atoms with E-state index in [4.69, 9.17) is 4.89 Å². The van der Waals surface area contributed by atoms with Crippen LogP contribution in [0.2, 0.25) is 0 Å². The number of carbonyl (C=O) groups is 2. The van der Waals surface area contributed by atoms with E-state index in [9.17, 15) is 14.2 Å². The Kier molecular flexibility index (Phi) is 1.08. The predicted octanol–water partition coefficient (Wildman–Crippen LogP) is -0.813. The normalized spacial score (nSPS) is 23.2. The summed E-state index contributed by atoms with van der Waals surface area (Å²) in [6.07, 6.45) is 0. The van der Waals surface area contributed by atoms with E-state index in [2.05, 4.69) is 9.05 Å². The van der Waals surface area contributed by atoms with E-state index >= 15 is 0 Å². The van der Waals surface area contributed by atoms with Crippen molar-refractivity contribution in [1.82, 2.24) is 0 Å². The summed E-state index contributed by atoms with van der Waals surface area (Å²) in [4.78, 5) is 28.1. The van der Waals surface area contributed by atoms with Gasteiger partial charge in [0.1, 0.15) is 0 Å². The highest BCUT2D eigenvalue weighted by atomic mass is 31.2. The zero-order chi connectivity index (χ0) is 7.07. The summed E-state index contributed by atoms with van der Waals surface area (Å²) < 4.78 is 17.2. The van der Waals surface area contributed by atoms with Crippen molar-refractivity contribution in [3.63, 3.8) is 0 Å². The average molecular weight is 152 g/mol.